The first kappa shape index (κ1) is 13.8. The molecule has 4 rings (SSSR count). The number of fused-ring (bicyclic) bond motifs is 3. The number of carbonyl (C=O) groups excluding carboxylic acids is 1. The van der Waals surface area contributed by atoms with E-state index in [2.05, 4.69) is 22.5 Å². The summed E-state index contributed by atoms with van der Waals surface area (Å²) in [6, 6.07) is 3.82. The van der Waals surface area contributed by atoms with Crippen LogP contribution in [0.1, 0.15) is 45.4 Å². The van der Waals surface area contributed by atoms with Crippen molar-refractivity contribution in [2.75, 3.05) is 18.4 Å². The summed E-state index contributed by atoms with van der Waals surface area (Å²) in [6.45, 7) is 7.11. The molecule has 0 saturated carbocycles. The summed E-state index contributed by atoms with van der Waals surface area (Å²) in [4.78, 5) is 16.3. The van der Waals surface area contributed by atoms with Crippen LogP contribution in [0.3, 0.4) is 0 Å². The molecule has 2 aliphatic rings. The number of carbonyl (C=O) groups is 1. The highest BCUT2D eigenvalue weighted by Crippen LogP contribution is 2.40. The maximum absolute atomic E-state index is 12.6. The zero-order valence-electron chi connectivity index (χ0n) is 12.7. The van der Waals surface area contributed by atoms with Gasteiger partial charge in [-0.15, -0.1) is 11.3 Å². The molecular formula is C16H19N3O2S. The fourth-order valence-electron chi connectivity index (χ4n) is 3.19. The van der Waals surface area contributed by atoms with Gasteiger partial charge in [0.25, 0.3) is 5.91 Å². The third kappa shape index (κ3) is 2.14. The number of aryl methyl sites for hydroxylation is 1. The molecule has 22 heavy (non-hydrogen) atoms. The minimum absolute atomic E-state index is 0.00949. The molecule has 0 aromatic carbocycles. The maximum atomic E-state index is 12.6. The number of nitrogens with one attached hydrogen (secondary N) is 2. The molecule has 2 aromatic heterocycles. The molecule has 2 aliphatic heterocycles. The Balaban J connectivity index is 1.67. The fourth-order valence-corrected chi connectivity index (χ4v) is 4.51. The molecule has 0 bridgehead atoms. The van der Waals surface area contributed by atoms with Crippen molar-refractivity contribution in [2.45, 2.75) is 33.0 Å². The first-order valence-corrected chi connectivity index (χ1v) is 8.48. The Hall–Kier alpha value is -1.79. The second-order valence-corrected chi connectivity index (χ2v) is 6.93. The maximum Gasteiger partial charge on any atom is 0.256 e. The van der Waals surface area contributed by atoms with Gasteiger partial charge in [-0.25, -0.2) is 0 Å². The first-order chi connectivity index (χ1) is 10.7. The molecule has 0 spiro atoms. The second kappa shape index (κ2) is 5.14. The fraction of sp³-hybridized carbons (Fsp3) is 0.438. The Morgan fingerprint density at radius 1 is 1.41 bits per heavy atom. The van der Waals surface area contributed by atoms with Crippen LogP contribution in [-0.4, -0.2) is 23.9 Å². The molecule has 1 atom stereocenters. The predicted molar refractivity (Wildman–Crippen MR) is 86.2 cm³/mol. The van der Waals surface area contributed by atoms with Crippen molar-refractivity contribution < 1.29 is 9.21 Å². The number of rotatable bonds is 2. The lowest BCUT2D eigenvalue weighted by molar-refractivity contribution is 0.0929. The number of likely N-dealkylation sites (N-methyl/N-ethyl adjacent to an activating group) is 1. The van der Waals surface area contributed by atoms with E-state index in [4.69, 9.17) is 4.42 Å². The normalized spacial score (nSPS) is 21.0. The summed E-state index contributed by atoms with van der Waals surface area (Å²) in [6.07, 6.45) is 0.672. The lowest BCUT2D eigenvalue weighted by atomic mass is 10.0. The monoisotopic (exact) mass is 317 g/mol. The number of thiophene rings is 1. The zero-order valence-corrected chi connectivity index (χ0v) is 13.5. The molecule has 0 radical (unpaired) electrons. The van der Waals surface area contributed by atoms with E-state index in [9.17, 15) is 4.79 Å². The topological polar surface area (TPSA) is 57.5 Å². The number of anilines is 1. The van der Waals surface area contributed by atoms with Gasteiger partial charge in [-0.1, -0.05) is 6.92 Å². The Bertz CT molecular complexity index is 734. The van der Waals surface area contributed by atoms with Crippen LogP contribution in [0.2, 0.25) is 0 Å². The highest BCUT2D eigenvalue weighted by atomic mass is 32.1. The molecule has 6 heteroatoms. The van der Waals surface area contributed by atoms with Crippen LogP contribution in [0.4, 0.5) is 5.00 Å². The summed E-state index contributed by atoms with van der Waals surface area (Å²) in [5, 5.41) is 7.41. The SMILES string of the molecule is CCN1CCc2c(sc3c2C(=O)NC(c2ccc(C)o2)N3)C1. The molecule has 0 saturated heterocycles. The van der Waals surface area contributed by atoms with Gasteiger partial charge in [-0.05, 0) is 37.6 Å². The van der Waals surface area contributed by atoms with Crippen LogP contribution < -0.4 is 10.6 Å². The van der Waals surface area contributed by atoms with E-state index in [1.807, 2.05) is 19.1 Å². The number of hydrogen-bond acceptors (Lipinski definition) is 5. The van der Waals surface area contributed by atoms with Crippen molar-refractivity contribution >= 4 is 22.2 Å². The van der Waals surface area contributed by atoms with E-state index < -0.39 is 0 Å². The van der Waals surface area contributed by atoms with Gasteiger partial charge < -0.3 is 15.1 Å². The van der Waals surface area contributed by atoms with E-state index in [1.54, 1.807) is 11.3 Å². The molecule has 0 aliphatic carbocycles. The summed E-state index contributed by atoms with van der Waals surface area (Å²) in [5.41, 5.74) is 2.07. The summed E-state index contributed by atoms with van der Waals surface area (Å²) < 4.78 is 5.64. The third-order valence-corrected chi connectivity index (χ3v) is 5.55. The average Bonchev–Trinajstić information content (AvgIpc) is 3.09. The number of nitrogens with zero attached hydrogens (tertiary/aromatic N) is 1. The van der Waals surface area contributed by atoms with Crippen LogP contribution in [0.25, 0.3) is 0 Å². The van der Waals surface area contributed by atoms with Gasteiger partial charge in [-0.3, -0.25) is 9.69 Å². The van der Waals surface area contributed by atoms with Gasteiger partial charge in [0.15, 0.2) is 6.17 Å². The number of amides is 1. The van der Waals surface area contributed by atoms with E-state index in [-0.39, 0.29) is 12.1 Å². The summed E-state index contributed by atoms with van der Waals surface area (Å²) >= 11 is 1.71. The molecule has 1 amide bonds. The number of hydrogen-bond donors (Lipinski definition) is 2. The molecule has 2 N–H and O–H groups in total. The van der Waals surface area contributed by atoms with Crippen LogP contribution in [0, 0.1) is 6.92 Å². The molecule has 116 valence electrons. The predicted octanol–water partition coefficient (Wildman–Crippen LogP) is 2.88. The Labute approximate surface area is 133 Å². The minimum atomic E-state index is -0.281. The summed E-state index contributed by atoms with van der Waals surface area (Å²) in [5.74, 6) is 1.61. The standard InChI is InChI=1S/C16H19N3O2S/c1-3-19-7-6-10-12(8-19)22-16-13(10)15(20)17-14(18-16)11-5-4-9(2)21-11/h4-5,14,18H,3,6-8H2,1-2H3,(H,17,20). The zero-order chi connectivity index (χ0) is 15.3. The molecule has 0 fully saturated rings. The van der Waals surface area contributed by atoms with Crippen LogP contribution in [0.15, 0.2) is 16.5 Å². The molecule has 2 aromatic rings. The van der Waals surface area contributed by atoms with Crippen molar-refractivity contribution in [2.24, 2.45) is 0 Å². The minimum Gasteiger partial charge on any atom is -0.462 e. The van der Waals surface area contributed by atoms with Crippen LogP contribution in [-0.2, 0) is 13.0 Å². The van der Waals surface area contributed by atoms with Gasteiger partial charge in [0, 0.05) is 18.0 Å². The highest BCUT2D eigenvalue weighted by molar-refractivity contribution is 7.16. The van der Waals surface area contributed by atoms with Crippen molar-refractivity contribution in [3.8, 4) is 0 Å². The van der Waals surface area contributed by atoms with E-state index in [1.165, 1.54) is 10.4 Å². The average molecular weight is 317 g/mol. The van der Waals surface area contributed by atoms with Crippen LogP contribution >= 0.6 is 11.3 Å². The highest BCUT2D eigenvalue weighted by Gasteiger charge is 2.33. The number of furan rings is 1. The van der Waals surface area contributed by atoms with Gasteiger partial charge in [0.2, 0.25) is 0 Å². The second-order valence-electron chi connectivity index (χ2n) is 5.83. The van der Waals surface area contributed by atoms with Crippen LogP contribution in [0.5, 0.6) is 0 Å². The first-order valence-electron chi connectivity index (χ1n) is 7.66. The van der Waals surface area contributed by atoms with Crippen molar-refractivity contribution in [3.05, 3.63) is 39.7 Å². The van der Waals surface area contributed by atoms with Gasteiger partial charge >= 0.3 is 0 Å². The Morgan fingerprint density at radius 3 is 3.00 bits per heavy atom. The molecule has 1 unspecified atom stereocenters. The van der Waals surface area contributed by atoms with E-state index >= 15 is 0 Å². The van der Waals surface area contributed by atoms with Crippen molar-refractivity contribution in [3.63, 3.8) is 0 Å². The molecular weight excluding hydrogens is 298 g/mol. The van der Waals surface area contributed by atoms with Gasteiger partial charge in [0.05, 0.1) is 5.56 Å². The molecule has 5 nitrogen and oxygen atoms in total. The lowest BCUT2D eigenvalue weighted by Crippen LogP contribution is -2.38. The van der Waals surface area contributed by atoms with Gasteiger partial charge in [-0.2, -0.15) is 0 Å². The lowest BCUT2D eigenvalue weighted by Gasteiger charge is -2.27. The van der Waals surface area contributed by atoms with Crippen molar-refractivity contribution in [1.29, 1.82) is 0 Å². The molecule has 4 heterocycles. The quantitative estimate of drug-likeness (QED) is 0.894. The smallest absolute Gasteiger partial charge is 0.256 e. The summed E-state index contributed by atoms with van der Waals surface area (Å²) in [7, 11) is 0. The largest absolute Gasteiger partial charge is 0.462 e. The van der Waals surface area contributed by atoms with E-state index in [0.717, 1.165) is 48.1 Å². The Kier molecular flexibility index (Phi) is 3.23. The third-order valence-electron chi connectivity index (χ3n) is 4.41. The van der Waals surface area contributed by atoms with Gasteiger partial charge in [0.1, 0.15) is 16.5 Å². The Morgan fingerprint density at radius 2 is 2.27 bits per heavy atom. The van der Waals surface area contributed by atoms with E-state index in [0.29, 0.717) is 0 Å². The van der Waals surface area contributed by atoms with Crippen molar-refractivity contribution in [1.82, 2.24) is 10.2 Å².